The van der Waals surface area contributed by atoms with E-state index in [1.807, 2.05) is 18.2 Å². The highest BCUT2D eigenvalue weighted by Gasteiger charge is 2.29. The van der Waals surface area contributed by atoms with Crippen LogP contribution >= 0.6 is 0 Å². The van der Waals surface area contributed by atoms with E-state index in [0.29, 0.717) is 29.5 Å². The molecule has 2 N–H and O–H groups in total. The number of methoxy groups -OCH3 is 1. The Kier molecular flexibility index (Phi) is 5.58. The molecule has 2 amide bonds. The van der Waals surface area contributed by atoms with Crippen molar-refractivity contribution in [1.29, 1.82) is 0 Å². The van der Waals surface area contributed by atoms with Crippen LogP contribution in [0.5, 0.6) is 17.2 Å². The molecule has 3 rings (SSSR count). The van der Waals surface area contributed by atoms with Crippen LogP contribution in [0.3, 0.4) is 0 Å². The van der Waals surface area contributed by atoms with Gasteiger partial charge in [0.15, 0.2) is 17.6 Å². The highest BCUT2D eigenvalue weighted by atomic mass is 16.5. The van der Waals surface area contributed by atoms with Crippen LogP contribution in [-0.2, 0) is 9.59 Å². The largest absolute Gasteiger partial charge is 0.493 e. The highest BCUT2D eigenvalue weighted by molar-refractivity contribution is 5.99. The first-order valence-electron chi connectivity index (χ1n) is 8.26. The zero-order valence-corrected chi connectivity index (χ0v) is 14.4. The van der Waals surface area contributed by atoms with Gasteiger partial charge in [-0.2, -0.15) is 0 Å². The molecular formula is C19H20N2O5. The number of amides is 2. The molecule has 1 unspecified atom stereocenters. The summed E-state index contributed by atoms with van der Waals surface area (Å²) in [7, 11) is 1.57. The molecule has 136 valence electrons. The number of nitrogens with one attached hydrogen (secondary N) is 2. The van der Waals surface area contributed by atoms with Crippen molar-refractivity contribution < 1.29 is 23.8 Å². The Hall–Kier alpha value is -3.22. The molecule has 7 heteroatoms. The van der Waals surface area contributed by atoms with E-state index < -0.39 is 6.10 Å². The predicted octanol–water partition coefficient (Wildman–Crippen LogP) is 1.98. The topological polar surface area (TPSA) is 85.9 Å². The SMILES string of the molecule is COc1ccccc1OCCNC(=O)CC1Oc2ccccc2NC1=O. The van der Waals surface area contributed by atoms with Gasteiger partial charge in [-0.25, -0.2) is 0 Å². The van der Waals surface area contributed by atoms with E-state index in [1.54, 1.807) is 37.4 Å². The van der Waals surface area contributed by atoms with Crippen molar-refractivity contribution in [2.45, 2.75) is 12.5 Å². The van der Waals surface area contributed by atoms with Crippen molar-refractivity contribution in [2.24, 2.45) is 0 Å². The molecule has 1 heterocycles. The molecule has 0 saturated carbocycles. The third-order valence-electron chi connectivity index (χ3n) is 3.83. The molecule has 0 bridgehead atoms. The summed E-state index contributed by atoms with van der Waals surface area (Å²) < 4.78 is 16.4. The van der Waals surface area contributed by atoms with E-state index >= 15 is 0 Å². The van der Waals surface area contributed by atoms with E-state index in [1.165, 1.54) is 0 Å². The van der Waals surface area contributed by atoms with Crippen molar-refractivity contribution in [3.8, 4) is 17.2 Å². The van der Waals surface area contributed by atoms with Gasteiger partial charge in [0.1, 0.15) is 12.4 Å². The number of para-hydroxylation sites is 4. The fourth-order valence-corrected chi connectivity index (χ4v) is 2.56. The van der Waals surface area contributed by atoms with Gasteiger partial charge in [-0.15, -0.1) is 0 Å². The summed E-state index contributed by atoms with van der Waals surface area (Å²) in [6.07, 6.45) is -0.908. The Morgan fingerprint density at radius 3 is 2.69 bits per heavy atom. The normalized spacial score (nSPS) is 15.3. The number of carbonyl (C=O) groups is 2. The van der Waals surface area contributed by atoms with Crippen LogP contribution < -0.4 is 24.8 Å². The average Bonchev–Trinajstić information content (AvgIpc) is 2.66. The third-order valence-corrected chi connectivity index (χ3v) is 3.83. The number of rotatable bonds is 7. The summed E-state index contributed by atoms with van der Waals surface area (Å²) in [6.45, 7) is 0.592. The Balaban J connectivity index is 1.44. The lowest BCUT2D eigenvalue weighted by Gasteiger charge is -2.25. The lowest BCUT2D eigenvalue weighted by Crippen LogP contribution is -2.41. The Labute approximate surface area is 151 Å². The van der Waals surface area contributed by atoms with Crippen LogP contribution in [0.4, 0.5) is 5.69 Å². The molecule has 7 nitrogen and oxygen atoms in total. The molecular weight excluding hydrogens is 336 g/mol. The van der Waals surface area contributed by atoms with E-state index in [2.05, 4.69) is 10.6 Å². The molecule has 1 aliphatic heterocycles. The summed E-state index contributed by atoms with van der Waals surface area (Å²) in [6, 6.07) is 14.4. The molecule has 2 aromatic rings. The van der Waals surface area contributed by atoms with Crippen LogP contribution in [-0.4, -0.2) is 38.2 Å². The second-order valence-electron chi connectivity index (χ2n) is 5.65. The number of carbonyl (C=O) groups excluding carboxylic acids is 2. The Morgan fingerprint density at radius 2 is 1.88 bits per heavy atom. The van der Waals surface area contributed by atoms with E-state index in [4.69, 9.17) is 14.2 Å². The molecule has 0 radical (unpaired) electrons. The molecule has 2 aromatic carbocycles. The van der Waals surface area contributed by atoms with Crippen LogP contribution in [0.25, 0.3) is 0 Å². The first-order valence-corrected chi connectivity index (χ1v) is 8.26. The van der Waals surface area contributed by atoms with E-state index in [-0.39, 0.29) is 24.8 Å². The van der Waals surface area contributed by atoms with Crippen molar-refractivity contribution in [3.63, 3.8) is 0 Å². The maximum Gasteiger partial charge on any atom is 0.266 e. The van der Waals surface area contributed by atoms with Crippen molar-refractivity contribution in [2.75, 3.05) is 25.6 Å². The second-order valence-corrected chi connectivity index (χ2v) is 5.65. The number of hydrogen-bond donors (Lipinski definition) is 2. The Morgan fingerprint density at radius 1 is 1.15 bits per heavy atom. The van der Waals surface area contributed by atoms with Crippen molar-refractivity contribution in [3.05, 3.63) is 48.5 Å². The molecule has 1 atom stereocenters. The monoisotopic (exact) mass is 356 g/mol. The molecule has 1 aliphatic rings. The first kappa shape index (κ1) is 17.6. The summed E-state index contributed by atoms with van der Waals surface area (Å²) in [5, 5.41) is 5.45. The fraction of sp³-hybridized carbons (Fsp3) is 0.263. The van der Waals surface area contributed by atoms with Crippen LogP contribution in [0.2, 0.25) is 0 Å². The fourth-order valence-electron chi connectivity index (χ4n) is 2.56. The molecule has 0 spiro atoms. The summed E-state index contributed by atoms with van der Waals surface area (Å²) in [4.78, 5) is 24.1. The second kappa shape index (κ2) is 8.24. The lowest BCUT2D eigenvalue weighted by molar-refractivity contribution is -0.130. The molecule has 0 aromatic heterocycles. The highest BCUT2D eigenvalue weighted by Crippen LogP contribution is 2.29. The quantitative estimate of drug-likeness (QED) is 0.741. The number of ether oxygens (including phenoxy) is 3. The minimum atomic E-state index is -0.847. The van der Waals surface area contributed by atoms with Gasteiger partial charge in [-0.3, -0.25) is 9.59 Å². The predicted molar refractivity (Wildman–Crippen MR) is 95.6 cm³/mol. The van der Waals surface area contributed by atoms with Crippen LogP contribution in [0.1, 0.15) is 6.42 Å². The summed E-state index contributed by atoms with van der Waals surface area (Å²) in [5.41, 5.74) is 0.611. The number of fused-ring (bicyclic) bond motifs is 1. The van der Waals surface area contributed by atoms with E-state index in [0.717, 1.165) is 0 Å². The standard InChI is InChI=1S/C19H20N2O5/c1-24-15-8-4-5-9-16(15)25-11-10-20-18(22)12-17-19(23)21-13-6-2-3-7-14(13)26-17/h2-9,17H,10-12H2,1H3,(H,20,22)(H,21,23). The number of hydrogen-bond acceptors (Lipinski definition) is 5. The van der Waals surface area contributed by atoms with Crippen LogP contribution in [0.15, 0.2) is 48.5 Å². The smallest absolute Gasteiger partial charge is 0.266 e. The zero-order valence-electron chi connectivity index (χ0n) is 14.4. The van der Waals surface area contributed by atoms with Gasteiger partial charge in [-0.1, -0.05) is 24.3 Å². The molecule has 0 fully saturated rings. The lowest BCUT2D eigenvalue weighted by atomic mass is 10.1. The number of anilines is 1. The molecule has 0 aliphatic carbocycles. The van der Waals surface area contributed by atoms with Gasteiger partial charge in [0, 0.05) is 0 Å². The van der Waals surface area contributed by atoms with Crippen LogP contribution in [0, 0.1) is 0 Å². The minimum absolute atomic E-state index is 0.0607. The maximum atomic E-state index is 12.1. The minimum Gasteiger partial charge on any atom is -0.493 e. The van der Waals surface area contributed by atoms with Crippen molar-refractivity contribution >= 4 is 17.5 Å². The van der Waals surface area contributed by atoms with Gasteiger partial charge >= 0.3 is 0 Å². The van der Waals surface area contributed by atoms with Gasteiger partial charge in [0.05, 0.1) is 25.8 Å². The van der Waals surface area contributed by atoms with Gasteiger partial charge in [0.2, 0.25) is 5.91 Å². The zero-order chi connectivity index (χ0) is 18.4. The van der Waals surface area contributed by atoms with Crippen molar-refractivity contribution in [1.82, 2.24) is 5.32 Å². The van der Waals surface area contributed by atoms with Gasteiger partial charge in [0.25, 0.3) is 5.91 Å². The third kappa shape index (κ3) is 4.24. The Bertz CT molecular complexity index is 793. The van der Waals surface area contributed by atoms with Gasteiger partial charge in [-0.05, 0) is 24.3 Å². The first-order chi connectivity index (χ1) is 12.7. The van der Waals surface area contributed by atoms with Gasteiger partial charge < -0.3 is 24.8 Å². The number of benzene rings is 2. The molecule has 26 heavy (non-hydrogen) atoms. The maximum absolute atomic E-state index is 12.1. The van der Waals surface area contributed by atoms with E-state index in [9.17, 15) is 9.59 Å². The summed E-state index contributed by atoms with van der Waals surface area (Å²) >= 11 is 0. The summed E-state index contributed by atoms with van der Waals surface area (Å²) in [5.74, 6) is 1.18. The molecule has 0 saturated heterocycles. The average molecular weight is 356 g/mol.